The molecular formula is C42H51ClN4O8S. The van der Waals surface area contributed by atoms with Crippen LogP contribution >= 0.6 is 11.6 Å². The van der Waals surface area contributed by atoms with E-state index in [9.17, 15) is 32.4 Å². The van der Waals surface area contributed by atoms with Crippen LogP contribution in [0, 0.1) is 23.7 Å². The first-order valence-corrected chi connectivity index (χ1v) is 21.7. The van der Waals surface area contributed by atoms with Crippen molar-refractivity contribution in [3.63, 3.8) is 0 Å². The van der Waals surface area contributed by atoms with Gasteiger partial charge in [-0.25, -0.2) is 8.42 Å². The van der Waals surface area contributed by atoms with Gasteiger partial charge in [0.15, 0.2) is 0 Å². The lowest BCUT2D eigenvalue weighted by Crippen LogP contribution is -2.58. The number of nitrogens with zero attached hydrogens (tertiary/aromatic N) is 2. The number of carbonyl (C=O) groups is 5. The Morgan fingerprint density at radius 2 is 1.75 bits per heavy atom. The number of fused-ring (bicyclic) bond motifs is 4. The SMILES string of the molecule is CC(C)(C)OC(=O)C[C@@H]1CCCCC/C=C\[C@@H]2C[C@@]2(C(=O)NS(=O)(=O)C2CC2)NC(=O)[C@@H]2[C@H]3CN(C(=O)c4cccc(-c5ccccc5Cl)c4)C[C@H]3CN2C1=O. The first kappa shape index (κ1) is 40.0. The molecule has 2 N–H and O–H groups in total. The Morgan fingerprint density at radius 1 is 0.982 bits per heavy atom. The van der Waals surface area contributed by atoms with Crippen molar-refractivity contribution in [2.24, 2.45) is 23.7 Å². The van der Waals surface area contributed by atoms with E-state index in [0.717, 1.165) is 24.0 Å². The zero-order chi connectivity index (χ0) is 40.0. The van der Waals surface area contributed by atoms with Gasteiger partial charge in [0, 0.05) is 59.5 Å². The van der Waals surface area contributed by atoms with Crippen molar-refractivity contribution in [2.75, 3.05) is 19.6 Å². The Kier molecular flexibility index (Phi) is 11.1. The van der Waals surface area contributed by atoms with Gasteiger partial charge in [0.05, 0.1) is 11.7 Å². The van der Waals surface area contributed by atoms with E-state index in [-0.39, 0.29) is 43.7 Å². The number of ether oxygens (including phenoxy) is 1. The number of benzene rings is 2. The lowest BCUT2D eigenvalue weighted by molar-refractivity contribution is -0.159. The van der Waals surface area contributed by atoms with E-state index in [1.807, 2.05) is 36.4 Å². The normalized spacial score (nSPS) is 28.8. The van der Waals surface area contributed by atoms with Crippen molar-refractivity contribution < 1.29 is 37.1 Å². The second-order valence-electron chi connectivity index (χ2n) is 17.1. The van der Waals surface area contributed by atoms with E-state index in [1.54, 1.807) is 54.8 Å². The van der Waals surface area contributed by atoms with Crippen LogP contribution in [-0.2, 0) is 33.9 Å². The van der Waals surface area contributed by atoms with Crippen LogP contribution in [0.2, 0.25) is 5.02 Å². The van der Waals surface area contributed by atoms with E-state index in [4.69, 9.17) is 16.3 Å². The highest BCUT2D eigenvalue weighted by Gasteiger charge is 2.63. The average Bonchev–Trinajstić information content (AvgIpc) is 4.03. The summed E-state index contributed by atoms with van der Waals surface area (Å²) in [6.07, 6.45) is 8.30. The van der Waals surface area contributed by atoms with Crippen LogP contribution in [0.15, 0.2) is 60.7 Å². The maximum atomic E-state index is 14.7. The fourth-order valence-corrected chi connectivity index (χ4v) is 10.3. The number of esters is 1. The topological polar surface area (TPSA) is 159 Å². The monoisotopic (exact) mass is 806 g/mol. The Hall–Kier alpha value is -4.23. The molecule has 2 saturated heterocycles. The first-order chi connectivity index (χ1) is 26.6. The van der Waals surface area contributed by atoms with Crippen LogP contribution in [0.5, 0.6) is 0 Å². The number of amides is 4. The number of likely N-dealkylation sites (tertiary alicyclic amines) is 1. The van der Waals surface area contributed by atoms with Crippen molar-refractivity contribution in [1.29, 1.82) is 0 Å². The van der Waals surface area contributed by atoms with Crippen LogP contribution in [0.4, 0.5) is 0 Å². The van der Waals surface area contributed by atoms with E-state index < -0.39 is 68.0 Å². The van der Waals surface area contributed by atoms with Gasteiger partial charge in [0.25, 0.3) is 11.8 Å². The molecule has 2 aromatic rings. The summed E-state index contributed by atoms with van der Waals surface area (Å²) >= 11 is 6.47. The molecule has 6 atom stereocenters. The molecule has 56 heavy (non-hydrogen) atoms. The van der Waals surface area contributed by atoms with E-state index in [1.165, 1.54) is 0 Å². The first-order valence-electron chi connectivity index (χ1n) is 19.8. The maximum absolute atomic E-state index is 14.7. The molecule has 0 radical (unpaired) electrons. The highest BCUT2D eigenvalue weighted by Crippen LogP contribution is 2.47. The lowest BCUT2D eigenvalue weighted by atomic mass is 9.92. The standard InChI is InChI=1S/C42H51ClN4O8S/c1-41(2,3)55-35(48)21-28-12-7-5-4-6-8-15-30-22-42(30,40(52)45-56(53,54)31-18-19-31)44-37(49)36-33-25-46(23-29(33)24-47(36)39(28)51)38(50)27-14-11-13-26(20-27)32-16-9-10-17-34(32)43/h8-11,13-17,20,28-31,33,36H,4-7,12,18-19,21-25H2,1-3H3,(H,44,49)(H,45,52)/b15-8-/t28-,29-,30+,33-,36-,42+/m0/s1. The molecule has 0 bridgehead atoms. The number of rotatable bonds is 7. The molecule has 5 aliphatic rings. The molecule has 2 saturated carbocycles. The van der Waals surface area contributed by atoms with E-state index in [0.29, 0.717) is 49.2 Å². The van der Waals surface area contributed by atoms with Crippen LogP contribution in [0.3, 0.4) is 0 Å². The van der Waals surface area contributed by atoms with Crippen LogP contribution < -0.4 is 10.0 Å². The molecule has 4 fully saturated rings. The number of sulfonamides is 1. The molecule has 3 aliphatic heterocycles. The summed E-state index contributed by atoms with van der Waals surface area (Å²) in [5.74, 6) is -4.34. The van der Waals surface area contributed by atoms with Gasteiger partial charge in [0.2, 0.25) is 21.8 Å². The predicted molar refractivity (Wildman–Crippen MR) is 211 cm³/mol. The number of halogens is 1. The van der Waals surface area contributed by atoms with Crippen molar-refractivity contribution in [3.05, 3.63) is 71.3 Å². The third-order valence-corrected chi connectivity index (χ3v) is 13.9. The third-order valence-electron chi connectivity index (χ3n) is 11.7. The Labute approximate surface area is 333 Å². The Bertz CT molecular complexity index is 2040. The quantitative estimate of drug-likeness (QED) is 0.284. The molecule has 0 unspecified atom stereocenters. The number of carbonyl (C=O) groups excluding carboxylic acids is 5. The summed E-state index contributed by atoms with van der Waals surface area (Å²) in [6, 6.07) is 13.5. The third kappa shape index (κ3) is 8.54. The second kappa shape index (κ2) is 15.6. The van der Waals surface area contributed by atoms with Crippen molar-refractivity contribution >= 4 is 51.2 Å². The van der Waals surface area contributed by atoms with Crippen molar-refractivity contribution in [2.45, 2.75) is 101 Å². The smallest absolute Gasteiger partial charge is 0.307 e. The van der Waals surface area contributed by atoms with Gasteiger partial charge in [0.1, 0.15) is 17.2 Å². The maximum Gasteiger partial charge on any atom is 0.307 e. The van der Waals surface area contributed by atoms with Gasteiger partial charge in [-0.3, -0.25) is 28.7 Å². The number of allylic oxidation sites excluding steroid dienone is 1. The molecular weight excluding hydrogens is 756 g/mol. The summed E-state index contributed by atoms with van der Waals surface area (Å²) in [5.41, 5.74) is -0.216. The number of nitrogens with one attached hydrogen (secondary N) is 2. The summed E-state index contributed by atoms with van der Waals surface area (Å²) in [6.45, 7) is 5.95. The molecule has 2 aromatic carbocycles. The van der Waals surface area contributed by atoms with Gasteiger partial charge in [-0.2, -0.15) is 0 Å². The van der Waals surface area contributed by atoms with Gasteiger partial charge in [-0.15, -0.1) is 0 Å². The molecule has 3 heterocycles. The number of hydrogen-bond donors (Lipinski definition) is 2. The Morgan fingerprint density at radius 3 is 2.48 bits per heavy atom. The summed E-state index contributed by atoms with van der Waals surface area (Å²) in [7, 11) is -3.90. The zero-order valence-electron chi connectivity index (χ0n) is 32.2. The summed E-state index contributed by atoms with van der Waals surface area (Å²) < 4.78 is 33.7. The number of hydrogen-bond acceptors (Lipinski definition) is 8. The molecule has 0 aromatic heterocycles. The van der Waals surface area contributed by atoms with Crippen LogP contribution in [0.1, 0.15) is 88.9 Å². The fraction of sp³-hybridized carbons (Fsp3) is 0.548. The van der Waals surface area contributed by atoms with Crippen molar-refractivity contribution in [1.82, 2.24) is 19.8 Å². The molecule has 14 heteroatoms. The highest BCUT2D eigenvalue weighted by atomic mass is 35.5. The van der Waals surface area contributed by atoms with Crippen molar-refractivity contribution in [3.8, 4) is 11.1 Å². The lowest BCUT2D eigenvalue weighted by Gasteiger charge is -2.33. The molecule has 12 nitrogen and oxygen atoms in total. The fourth-order valence-electron chi connectivity index (χ4n) is 8.65. The summed E-state index contributed by atoms with van der Waals surface area (Å²) in [4.78, 5) is 73.6. The minimum Gasteiger partial charge on any atom is -0.460 e. The van der Waals surface area contributed by atoms with Gasteiger partial charge in [-0.1, -0.05) is 66.9 Å². The molecule has 300 valence electrons. The average molecular weight is 807 g/mol. The Balaban J connectivity index is 1.18. The minimum atomic E-state index is -3.90. The van der Waals surface area contributed by atoms with Crippen LogP contribution in [0.25, 0.3) is 11.1 Å². The van der Waals surface area contributed by atoms with Gasteiger partial charge >= 0.3 is 5.97 Å². The largest absolute Gasteiger partial charge is 0.460 e. The zero-order valence-corrected chi connectivity index (χ0v) is 33.7. The second-order valence-corrected chi connectivity index (χ2v) is 19.5. The van der Waals surface area contributed by atoms with E-state index in [2.05, 4.69) is 10.0 Å². The van der Waals surface area contributed by atoms with Crippen LogP contribution in [-0.4, -0.2) is 89.9 Å². The van der Waals surface area contributed by atoms with Gasteiger partial charge < -0.3 is 19.9 Å². The molecule has 0 spiro atoms. The predicted octanol–water partition coefficient (Wildman–Crippen LogP) is 5.26. The molecule has 4 amide bonds. The van der Waals surface area contributed by atoms with Gasteiger partial charge in [-0.05, 0) is 83.1 Å². The molecule has 2 aliphatic carbocycles. The highest BCUT2D eigenvalue weighted by molar-refractivity contribution is 7.91. The summed E-state index contributed by atoms with van der Waals surface area (Å²) in [5, 5.41) is 2.87. The molecule has 7 rings (SSSR count). The minimum absolute atomic E-state index is 0.143. The van der Waals surface area contributed by atoms with E-state index >= 15 is 0 Å².